The van der Waals surface area contributed by atoms with Gasteiger partial charge in [-0.3, -0.25) is 4.68 Å². The minimum absolute atomic E-state index is 0.484. The van der Waals surface area contributed by atoms with Crippen LogP contribution in [0.5, 0.6) is 5.75 Å². The lowest BCUT2D eigenvalue weighted by Crippen LogP contribution is -2.22. The summed E-state index contributed by atoms with van der Waals surface area (Å²) in [5.74, 6) is 0.753. The van der Waals surface area contributed by atoms with E-state index in [2.05, 4.69) is 10.4 Å². The van der Waals surface area contributed by atoms with Gasteiger partial charge in [-0.1, -0.05) is 12.1 Å². The van der Waals surface area contributed by atoms with Crippen molar-refractivity contribution in [2.45, 2.75) is 12.6 Å². The van der Waals surface area contributed by atoms with Crippen LogP contribution in [0.15, 0.2) is 36.5 Å². The van der Waals surface area contributed by atoms with E-state index in [1.54, 1.807) is 13.3 Å². The molecular formula is C14H19N3O2. The van der Waals surface area contributed by atoms with Crippen LogP contribution < -0.4 is 10.1 Å². The Balaban J connectivity index is 1.87. The lowest BCUT2D eigenvalue weighted by atomic mass is 10.1. The zero-order valence-corrected chi connectivity index (χ0v) is 11.2. The number of methoxy groups -OCH3 is 1. The molecule has 0 spiro atoms. The summed E-state index contributed by atoms with van der Waals surface area (Å²) in [7, 11) is 3.52. The van der Waals surface area contributed by atoms with Gasteiger partial charge < -0.3 is 15.2 Å². The van der Waals surface area contributed by atoms with Crippen molar-refractivity contribution in [1.29, 1.82) is 0 Å². The Morgan fingerprint density at radius 1 is 1.42 bits per heavy atom. The fourth-order valence-corrected chi connectivity index (χ4v) is 1.88. The standard InChI is InChI=1S/C14H19N3O2/c1-17-12(6-7-16-17)9-15-10-14(18)11-4-3-5-13(8-11)19-2/h3-8,14-15,18H,9-10H2,1-2H3. The van der Waals surface area contributed by atoms with E-state index in [4.69, 9.17) is 4.74 Å². The van der Waals surface area contributed by atoms with Crippen LogP contribution in [0.25, 0.3) is 0 Å². The number of benzene rings is 1. The zero-order valence-electron chi connectivity index (χ0n) is 11.2. The number of hydrogen-bond acceptors (Lipinski definition) is 4. The molecule has 0 aliphatic heterocycles. The zero-order chi connectivity index (χ0) is 13.7. The summed E-state index contributed by atoms with van der Waals surface area (Å²) >= 11 is 0. The SMILES string of the molecule is COc1cccc(C(O)CNCc2ccnn2C)c1. The van der Waals surface area contributed by atoms with Crippen LogP contribution in [-0.2, 0) is 13.6 Å². The number of aliphatic hydroxyl groups excluding tert-OH is 1. The number of nitrogens with zero attached hydrogens (tertiary/aromatic N) is 2. The molecule has 2 N–H and O–H groups in total. The highest BCUT2D eigenvalue weighted by Gasteiger charge is 2.08. The molecule has 1 atom stereocenters. The molecule has 0 fully saturated rings. The van der Waals surface area contributed by atoms with Gasteiger partial charge in [-0.2, -0.15) is 5.10 Å². The van der Waals surface area contributed by atoms with Crippen molar-refractivity contribution in [3.8, 4) is 5.75 Å². The van der Waals surface area contributed by atoms with Crippen molar-refractivity contribution in [3.05, 3.63) is 47.8 Å². The second-order valence-corrected chi connectivity index (χ2v) is 4.37. The van der Waals surface area contributed by atoms with Gasteiger partial charge in [0.25, 0.3) is 0 Å². The maximum Gasteiger partial charge on any atom is 0.119 e. The summed E-state index contributed by atoms with van der Waals surface area (Å²) in [5.41, 5.74) is 1.93. The van der Waals surface area contributed by atoms with Gasteiger partial charge in [-0.15, -0.1) is 0 Å². The Bertz CT molecular complexity index is 525. The highest BCUT2D eigenvalue weighted by molar-refractivity contribution is 5.29. The van der Waals surface area contributed by atoms with E-state index in [0.717, 1.165) is 17.0 Å². The van der Waals surface area contributed by atoms with Gasteiger partial charge in [-0.25, -0.2) is 0 Å². The molecule has 19 heavy (non-hydrogen) atoms. The molecule has 0 saturated carbocycles. The van der Waals surface area contributed by atoms with Gasteiger partial charge in [-0.05, 0) is 23.8 Å². The quantitative estimate of drug-likeness (QED) is 0.821. The van der Waals surface area contributed by atoms with E-state index < -0.39 is 6.10 Å². The summed E-state index contributed by atoms with van der Waals surface area (Å²) in [6, 6.07) is 9.41. The van der Waals surface area contributed by atoms with E-state index >= 15 is 0 Å². The van der Waals surface area contributed by atoms with Crippen molar-refractivity contribution in [3.63, 3.8) is 0 Å². The largest absolute Gasteiger partial charge is 0.497 e. The summed E-state index contributed by atoms with van der Waals surface area (Å²) in [6.45, 7) is 1.16. The normalized spacial score (nSPS) is 12.4. The molecule has 1 aromatic carbocycles. The molecule has 5 nitrogen and oxygen atoms in total. The fourth-order valence-electron chi connectivity index (χ4n) is 1.88. The maximum absolute atomic E-state index is 10.1. The summed E-state index contributed by atoms with van der Waals surface area (Å²) < 4.78 is 6.95. The second kappa shape index (κ2) is 6.36. The van der Waals surface area contributed by atoms with Gasteiger partial charge in [0.1, 0.15) is 5.75 Å². The third-order valence-corrected chi connectivity index (χ3v) is 3.04. The van der Waals surface area contributed by atoms with Crippen LogP contribution in [0.2, 0.25) is 0 Å². The molecule has 2 aromatic rings. The van der Waals surface area contributed by atoms with Gasteiger partial charge in [0.05, 0.1) is 18.9 Å². The van der Waals surface area contributed by atoms with E-state index in [-0.39, 0.29) is 0 Å². The molecule has 0 saturated heterocycles. The Hall–Kier alpha value is -1.85. The molecule has 1 aromatic heterocycles. The molecule has 5 heteroatoms. The molecule has 2 rings (SSSR count). The maximum atomic E-state index is 10.1. The minimum Gasteiger partial charge on any atom is -0.497 e. The first kappa shape index (κ1) is 13.6. The van der Waals surface area contributed by atoms with Gasteiger partial charge >= 0.3 is 0 Å². The Labute approximate surface area is 112 Å². The average molecular weight is 261 g/mol. The van der Waals surface area contributed by atoms with E-state index in [0.29, 0.717) is 13.1 Å². The monoisotopic (exact) mass is 261 g/mol. The molecular weight excluding hydrogens is 242 g/mol. The molecule has 1 unspecified atom stereocenters. The summed E-state index contributed by atoms with van der Waals surface area (Å²) in [4.78, 5) is 0. The Kier molecular flexibility index (Phi) is 4.54. The first-order chi connectivity index (χ1) is 9.20. The topological polar surface area (TPSA) is 59.3 Å². The lowest BCUT2D eigenvalue weighted by Gasteiger charge is -2.13. The average Bonchev–Trinajstić information content (AvgIpc) is 2.84. The predicted octanol–water partition coefficient (Wildman–Crippen LogP) is 1.25. The number of nitrogens with one attached hydrogen (secondary N) is 1. The first-order valence-corrected chi connectivity index (χ1v) is 6.20. The first-order valence-electron chi connectivity index (χ1n) is 6.20. The van der Waals surface area contributed by atoms with Crippen molar-refractivity contribution in [2.75, 3.05) is 13.7 Å². The van der Waals surface area contributed by atoms with Crippen LogP contribution in [0.4, 0.5) is 0 Å². The molecule has 102 valence electrons. The molecule has 0 aliphatic carbocycles. The highest BCUT2D eigenvalue weighted by Crippen LogP contribution is 2.18. The fraction of sp³-hybridized carbons (Fsp3) is 0.357. The van der Waals surface area contributed by atoms with Crippen molar-refractivity contribution in [2.24, 2.45) is 7.05 Å². The third-order valence-electron chi connectivity index (χ3n) is 3.04. The molecule has 1 heterocycles. The van der Waals surface area contributed by atoms with E-state index in [1.165, 1.54) is 0 Å². The van der Waals surface area contributed by atoms with E-state index in [9.17, 15) is 5.11 Å². The molecule has 0 amide bonds. The number of aryl methyl sites for hydroxylation is 1. The number of ether oxygens (including phenoxy) is 1. The van der Waals surface area contributed by atoms with Crippen molar-refractivity contribution in [1.82, 2.24) is 15.1 Å². The van der Waals surface area contributed by atoms with Crippen LogP contribution >= 0.6 is 0 Å². The molecule has 0 bridgehead atoms. The highest BCUT2D eigenvalue weighted by atomic mass is 16.5. The van der Waals surface area contributed by atoms with Crippen molar-refractivity contribution < 1.29 is 9.84 Å². The molecule has 0 aliphatic rings. The van der Waals surface area contributed by atoms with E-state index in [1.807, 2.05) is 42.1 Å². The minimum atomic E-state index is -0.552. The van der Waals surface area contributed by atoms with Gasteiger partial charge in [0.15, 0.2) is 0 Å². The van der Waals surface area contributed by atoms with Gasteiger partial charge in [0.2, 0.25) is 0 Å². The van der Waals surface area contributed by atoms with Crippen LogP contribution in [0.1, 0.15) is 17.4 Å². The lowest BCUT2D eigenvalue weighted by molar-refractivity contribution is 0.173. The summed E-state index contributed by atoms with van der Waals surface area (Å²) in [6.07, 6.45) is 1.21. The Morgan fingerprint density at radius 2 is 2.26 bits per heavy atom. The second-order valence-electron chi connectivity index (χ2n) is 4.37. The van der Waals surface area contributed by atoms with Crippen LogP contribution in [0, 0.1) is 0 Å². The number of aromatic nitrogens is 2. The number of hydrogen-bond donors (Lipinski definition) is 2. The smallest absolute Gasteiger partial charge is 0.119 e. The number of rotatable bonds is 6. The summed E-state index contributed by atoms with van der Waals surface area (Å²) in [5, 5.41) is 17.4. The molecule has 0 radical (unpaired) electrons. The number of aliphatic hydroxyl groups is 1. The third kappa shape index (κ3) is 3.56. The Morgan fingerprint density at radius 3 is 2.95 bits per heavy atom. The van der Waals surface area contributed by atoms with Gasteiger partial charge in [0, 0.05) is 26.3 Å². The van der Waals surface area contributed by atoms with Crippen molar-refractivity contribution >= 4 is 0 Å². The van der Waals surface area contributed by atoms with Crippen LogP contribution in [0.3, 0.4) is 0 Å². The van der Waals surface area contributed by atoms with Crippen LogP contribution in [-0.4, -0.2) is 28.5 Å². The predicted molar refractivity (Wildman–Crippen MR) is 72.9 cm³/mol.